The zero-order valence-corrected chi connectivity index (χ0v) is 12.4. The minimum Gasteiger partial charge on any atom is -0.459 e. The highest BCUT2D eigenvalue weighted by atomic mass is 32.2. The van der Waals surface area contributed by atoms with E-state index >= 15 is 0 Å². The third kappa shape index (κ3) is 3.86. The number of amides is 1. The molecule has 0 fully saturated rings. The van der Waals surface area contributed by atoms with E-state index in [1.54, 1.807) is 19.1 Å². The van der Waals surface area contributed by atoms with E-state index in [1.807, 2.05) is 13.8 Å². The monoisotopic (exact) mass is 295 g/mol. The van der Waals surface area contributed by atoms with E-state index in [2.05, 4.69) is 15.5 Å². The molecule has 0 radical (unpaired) electrons. The second-order valence-corrected chi connectivity index (χ2v) is 6.04. The van der Waals surface area contributed by atoms with Gasteiger partial charge in [0.1, 0.15) is 0 Å². The fraction of sp³-hybridized carbons (Fsp3) is 0.462. The van der Waals surface area contributed by atoms with Crippen LogP contribution in [0.3, 0.4) is 0 Å². The molecule has 0 saturated heterocycles. The van der Waals surface area contributed by atoms with Crippen LogP contribution in [0.5, 0.6) is 0 Å². The lowest BCUT2D eigenvalue weighted by molar-refractivity contribution is -0.120. The number of carbonyl (C=O) groups excluding carboxylic acids is 1. The molecular weight excluding hydrogens is 278 g/mol. The summed E-state index contributed by atoms with van der Waals surface area (Å²) in [5.41, 5.74) is 0. The van der Waals surface area contributed by atoms with Gasteiger partial charge in [-0.15, -0.1) is 10.2 Å². The van der Waals surface area contributed by atoms with Crippen molar-refractivity contribution in [2.75, 3.05) is 6.54 Å². The van der Waals surface area contributed by atoms with Crippen LogP contribution in [-0.4, -0.2) is 27.9 Å². The van der Waals surface area contributed by atoms with E-state index in [1.165, 1.54) is 18.0 Å². The molecule has 2 heterocycles. The van der Waals surface area contributed by atoms with Gasteiger partial charge in [0, 0.05) is 6.54 Å². The third-order valence-corrected chi connectivity index (χ3v) is 3.40. The van der Waals surface area contributed by atoms with E-state index in [0.717, 1.165) is 0 Å². The Bertz CT molecular complexity index is 551. The molecule has 0 bridgehead atoms. The molecule has 20 heavy (non-hydrogen) atoms. The number of hydrogen-bond donors (Lipinski definition) is 1. The number of thioether (sulfide) groups is 1. The lowest BCUT2D eigenvalue weighted by Gasteiger charge is -2.11. The van der Waals surface area contributed by atoms with Crippen molar-refractivity contribution in [2.24, 2.45) is 5.92 Å². The fourth-order valence-electron chi connectivity index (χ4n) is 1.41. The van der Waals surface area contributed by atoms with Crippen LogP contribution in [0.25, 0.3) is 11.7 Å². The summed E-state index contributed by atoms with van der Waals surface area (Å²) in [6.07, 6.45) is 1.54. The summed E-state index contributed by atoms with van der Waals surface area (Å²) in [5.74, 6) is 1.21. The minimum absolute atomic E-state index is 0.0403. The SMILES string of the molecule is CC(C)CNC(=O)[C@@H](C)Sc1nnc(-c2ccco2)o1. The largest absolute Gasteiger partial charge is 0.459 e. The zero-order valence-electron chi connectivity index (χ0n) is 11.6. The molecule has 6 nitrogen and oxygen atoms in total. The average Bonchev–Trinajstić information content (AvgIpc) is 3.05. The molecule has 2 rings (SSSR count). The van der Waals surface area contributed by atoms with Crippen molar-refractivity contribution in [3.63, 3.8) is 0 Å². The van der Waals surface area contributed by atoms with Gasteiger partial charge in [0.05, 0.1) is 11.5 Å². The first-order valence-electron chi connectivity index (χ1n) is 6.38. The predicted molar refractivity (Wildman–Crippen MR) is 75.2 cm³/mol. The van der Waals surface area contributed by atoms with Gasteiger partial charge in [0.15, 0.2) is 5.76 Å². The highest BCUT2D eigenvalue weighted by Gasteiger charge is 2.19. The molecule has 0 aliphatic rings. The molecule has 0 saturated carbocycles. The quantitative estimate of drug-likeness (QED) is 0.825. The van der Waals surface area contributed by atoms with Crippen LogP contribution in [0.1, 0.15) is 20.8 Å². The number of carbonyl (C=O) groups is 1. The Kier molecular flexibility index (Phi) is 4.84. The molecule has 7 heteroatoms. The topological polar surface area (TPSA) is 81.2 Å². The normalized spacial score (nSPS) is 12.6. The summed E-state index contributed by atoms with van der Waals surface area (Å²) in [6, 6.07) is 3.48. The minimum atomic E-state index is -0.293. The van der Waals surface area contributed by atoms with Crippen LogP contribution in [0.15, 0.2) is 32.5 Å². The number of furan rings is 1. The van der Waals surface area contributed by atoms with Crippen molar-refractivity contribution in [3.05, 3.63) is 18.4 Å². The average molecular weight is 295 g/mol. The second-order valence-electron chi connectivity index (χ2n) is 4.75. The summed E-state index contributed by atoms with van der Waals surface area (Å²) in [7, 11) is 0. The van der Waals surface area contributed by atoms with Crippen LogP contribution in [0.2, 0.25) is 0 Å². The van der Waals surface area contributed by atoms with Gasteiger partial charge in [-0.1, -0.05) is 25.6 Å². The molecule has 2 aromatic rings. The van der Waals surface area contributed by atoms with Crippen LogP contribution in [-0.2, 0) is 4.79 Å². The third-order valence-electron chi connectivity index (χ3n) is 2.47. The van der Waals surface area contributed by atoms with Crippen molar-refractivity contribution in [2.45, 2.75) is 31.2 Å². The summed E-state index contributed by atoms with van der Waals surface area (Å²) < 4.78 is 10.6. The standard InChI is InChI=1S/C13H17N3O3S/c1-8(2)7-14-11(17)9(3)20-13-16-15-12(19-13)10-5-4-6-18-10/h4-6,8-9H,7H2,1-3H3,(H,14,17)/t9-/m1/s1. The summed E-state index contributed by atoms with van der Waals surface area (Å²) >= 11 is 1.23. The van der Waals surface area contributed by atoms with Crippen molar-refractivity contribution in [1.82, 2.24) is 15.5 Å². The lowest BCUT2D eigenvalue weighted by Crippen LogP contribution is -2.33. The molecule has 2 aromatic heterocycles. The second kappa shape index (κ2) is 6.60. The van der Waals surface area contributed by atoms with Crippen LogP contribution >= 0.6 is 11.8 Å². The van der Waals surface area contributed by atoms with Crippen molar-refractivity contribution >= 4 is 17.7 Å². The number of aromatic nitrogens is 2. The Morgan fingerprint density at radius 2 is 2.20 bits per heavy atom. The number of rotatable bonds is 6. The molecule has 0 unspecified atom stereocenters. The van der Waals surface area contributed by atoms with Crippen molar-refractivity contribution in [1.29, 1.82) is 0 Å². The van der Waals surface area contributed by atoms with Crippen LogP contribution < -0.4 is 5.32 Å². The molecule has 108 valence electrons. The van der Waals surface area contributed by atoms with Gasteiger partial charge >= 0.3 is 0 Å². The van der Waals surface area contributed by atoms with Gasteiger partial charge in [-0.05, 0) is 25.0 Å². The molecule has 0 aromatic carbocycles. The Hall–Kier alpha value is -1.76. The van der Waals surface area contributed by atoms with Crippen LogP contribution in [0.4, 0.5) is 0 Å². The molecule has 1 atom stereocenters. The molecule has 0 aliphatic carbocycles. The number of hydrogen-bond acceptors (Lipinski definition) is 6. The Morgan fingerprint density at radius 3 is 2.85 bits per heavy atom. The summed E-state index contributed by atoms with van der Waals surface area (Å²) in [6.45, 7) is 6.56. The Balaban J connectivity index is 1.91. The molecule has 0 aliphatic heterocycles. The maximum atomic E-state index is 11.8. The summed E-state index contributed by atoms with van der Waals surface area (Å²) in [4.78, 5) is 11.8. The number of nitrogens with one attached hydrogen (secondary N) is 1. The molecule has 0 spiro atoms. The fourth-order valence-corrected chi connectivity index (χ4v) is 2.12. The van der Waals surface area contributed by atoms with Gasteiger partial charge in [0.2, 0.25) is 5.91 Å². The zero-order chi connectivity index (χ0) is 14.5. The van der Waals surface area contributed by atoms with Gasteiger partial charge in [-0.3, -0.25) is 4.79 Å². The predicted octanol–water partition coefficient (Wildman–Crippen LogP) is 2.58. The molecule has 1 amide bonds. The first-order chi connectivity index (χ1) is 9.56. The first-order valence-corrected chi connectivity index (χ1v) is 7.26. The summed E-state index contributed by atoms with van der Waals surface area (Å²) in [5, 5.41) is 10.7. The van der Waals surface area contributed by atoms with E-state index in [4.69, 9.17) is 8.83 Å². The highest BCUT2D eigenvalue weighted by molar-refractivity contribution is 8.00. The maximum Gasteiger partial charge on any atom is 0.284 e. The van der Waals surface area contributed by atoms with E-state index in [0.29, 0.717) is 29.3 Å². The van der Waals surface area contributed by atoms with Gasteiger partial charge in [0.25, 0.3) is 11.1 Å². The van der Waals surface area contributed by atoms with E-state index < -0.39 is 0 Å². The Morgan fingerprint density at radius 1 is 1.40 bits per heavy atom. The van der Waals surface area contributed by atoms with Gasteiger partial charge in [-0.25, -0.2) is 0 Å². The van der Waals surface area contributed by atoms with E-state index in [9.17, 15) is 4.79 Å². The number of nitrogens with zero attached hydrogens (tertiary/aromatic N) is 2. The highest BCUT2D eigenvalue weighted by Crippen LogP contribution is 2.26. The Labute approximate surface area is 121 Å². The smallest absolute Gasteiger partial charge is 0.284 e. The molecular formula is C13H17N3O3S. The van der Waals surface area contributed by atoms with Gasteiger partial charge < -0.3 is 14.2 Å². The molecule has 1 N–H and O–H groups in total. The lowest BCUT2D eigenvalue weighted by atomic mass is 10.2. The van der Waals surface area contributed by atoms with Gasteiger partial charge in [-0.2, -0.15) is 0 Å². The maximum absolute atomic E-state index is 11.8. The first kappa shape index (κ1) is 14.6. The van der Waals surface area contributed by atoms with Crippen molar-refractivity contribution < 1.29 is 13.6 Å². The van der Waals surface area contributed by atoms with Crippen LogP contribution in [0, 0.1) is 5.92 Å². The van der Waals surface area contributed by atoms with E-state index in [-0.39, 0.29) is 11.2 Å². The van der Waals surface area contributed by atoms with Crippen molar-refractivity contribution in [3.8, 4) is 11.7 Å².